The van der Waals surface area contributed by atoms with Crippen LogP contribution in [0.1, 0.15) is 35.7 Å². The van der Waals surface area contributed by atoms with Crippen molar-refractivity contribution < 1.29 is 4.74 Å². The Balaban J connectivity index is 0.00000256. The molecule has 1 aliphatic rings. The molecule has 0 saturated carbocycles. The third-order valence-corrected chi connectivity index (χ3v) is 5.19. The van der Waals surface area contributed by atoms with E-state index < -0.39 is 0 Å². The number of nitrogens with two attached hydrogens (primary N) is 1. The Kier molecular flexibility index (Phi) is 7.73. The van der Waals surface area contributed by atoms with E-state index in [9.17, 15) is 0 Å². The third-order valence-electron chi connectivity index (χ3n) is 5.19. The average Bonchev–Trinajstić information content (AvgIpc) is 3.13. The minimum atomic E-state index is 0. The van der Waals surface area contributed by atoms with Crippen molar-refractivity contribution in [3.63, 3.8) is 0 Å². The first-order valence-electron chi connectivity index (χ1n) is 10.1. The lowest BCUT2D eigenvalue weighted by atomic mass is 10.0. The minimum absolute atomic E-state index is 0. The summed E-state index contributed by atoms with van der Waals surface area (Å²) < 4.78 is 7.64. The van der Waals surface area contributed by atoms with Gasteiger partial charge in [0.2, 0.25) is 0 Å². The van der Waals surface area contributed by atoms with Crippen molar-refractivity contribution in [2.45, 2.75) is 32.2 Å². The Hall–Kier alpha value is -2.55. The maximum atomic E-state index is 6.13. The second kappa shape index (κ2) is 10.5. The van der Waals surface area contributed by atoms with Gasteiger partial charge < -0.3 is 15.8 Å². The number of nitrogens with zero attached hydrogens (tertiary/aromatic N) is 3. The normalized spacial score (nSPS) is 15.6. The summed E-state index contributed by atoms with van der Waals surface area (Å²) in [5, 5.41) is 7.97. The molecule has 1 aliphatic heterocycles. The first-order valence-corrected chi connectivity index (χ1v) is 10.1. The molecule has 0 bridgehead atoms. The van der Waals surface area contributed by atoms with Gasteiger partial charge in [0.1, 0.15) is 5.75 Å². The number of aliphatic imine (C=N–C) groups is 1. The number of guanidine groups is 1. The maximum Gasteiger partial charge on any atom is 0.189 e. The van der Waals surface area contributed by atoms with Crippen LogP contribution in [0.5, 0.6) is 5.75 Å². The van der Waals surface area contributed by atoms with Crippen molar-refractivity contribution >= 4 is 29.9 Å². The second-order valence-electron chi connectivity index (χ2n) is 7.26. The van der Waals surface area contributed by atoms with Crippen LogP contribution in [0.4, 0.5) is 0 Å². The lowest BCUT2D eigenvalue weighted by Crippen LogP contribution is -2.37. The van der Waals surface area contributed by atoms with E-state index in [-0.39, 0.29) is 30.0 Å². The average molecular weight is 517 g/mol. The smallest absolute Gasteiger partial charge is 0.189 e. The van der Waals surface area contributed by atoms with Crippen LogP contribution in [-0.2, 0) is 6.42 Å². The first-order chi connectivity index (χ1) is 14.2. The van der Waals surface area contributed by atoms with Crippen molar-refractivity contribution in [1.82, 2.24) is 15.1 Å². The standard InChI is InChI=1S/C23H27N5O.HI/c1-17-18(16-28(27-17)19-9-3-2-4-10-19)8-7-14-25-23(24)26-21-13-15-29-22-12-6-5-11-20(21)22;/h2-6,9-12,16,21H,7-8,13-15H2,1H3,(H3,24,25,26);1H. The monoisotopic (exact) mass is 517 g/mol. The summed E-state index contributed by atoms with van der Waals surface area (Å²) in [6.07, 6.45) is 4.84. The molecule has 6 nitrogen and oxygen atoms in total. The van der Waals surface area contributed by atoms with Gasteiger partial charge in [-0.1, -0.05) is 36.4 Å². The zero-order valence-electron chi connectivity index (χ0n) is 17.1. The fraction of sp³-hybridized carbons (Fsp3) is 0.304. The number of ether oxygens (including phenoxy) is 1. The summed E-state index contributed by atoms with van der Waals surface area (Å²) in [6.45, 7) is 3.42. The molecule has 0 fully saturated rings. The molecule has 1 unspecified atom stereocenters. The number of hydrogen-bond acceptors (Lipinski definition) is 3. The molecule has 1 atom stereocenters. The van der Waals surface area contributed by atoms with Crippen LogP contribution in [0.2, 0.25) is 0 Å². The van der Waals surface area contributed by atoms with Crippen LogP contribution in [0, 0.1) is 6.92 Å². The first kappa shape index (κ1) is 22.1. The molecular formula is C23H28IN5O. The summed E-state index contributed by atoms with van der Waals surface area (Å²) in [4.78, 5) is 4.52. The van der Waals surface area contributed by atoms with Crippen molar-refractivity contribution in [2.24, 2.45) is 10.7 Å². The van der Waals surface area contributed by atoms with Gasteiger partial charge in [0, 0.05) is 24.7 Å². The highest BCUT2D eigenvalue weighted by Gasteiger charge is 2.21. The fourth-order valence-electron chi connectivity index (χ4n) is 3.64. The van der Waals surface area contributed by atoms with Gasteiger partial charge in [0.05, 0.1) is 24.0 Å². The molecule has 1 aromatic heterocycles. The van der Waals surface area contributed by atoms with Crippen molar-refractivity contribution in [2.75, 3.05) is 13.2 Å². The molecule has 0 saturated heterocycles. The lowest BCUT2D eigenvalue weighted by molar-refractivity contribution is 0.262. The molecule has 3 aromatic rings. The van der Waals surface area contributed by atoms with Crippen LogP contribution in [-0.4, -0.2) is 28.9 Å². The van der Waals surface area contributed by atoms with E-state index in [2.05, 4.69) is 46.7 Å². The Labute approximate surface area is 194 Å². The number of fused-ring (bicyclic) bond motifs is 1. The summed E-state index contributed by atoms with van der Waals surface area (Å²) in [7, 11) is 0. The molecule has 30 heavy (non-hydrogen) atoms. The van der Waals surface area contributed by atoms with Crippen LogP contribution < -0.4 is 15.8 Å². The van der Waals surface area contributed by atoms with Crippen molar-refractivity contribution in [3.05, 3.63) is 77.6 Å². The predicted octanol–water partition coefficient (Wildman–Crippen LogP) is 4.16. The topological polar surface area (TPSA) is 77.5 Å². The highest BCUT2D eigenvalue weighted by Crippen LogP contribution is 2.31. The van der Waals surface area contributed by atoms with Crippen LogP contribution in [0.3, 0.4) is 0 Å². The SMILES string of the molecule is Cc1nn(-c2ccccc2)cc1CCCN=C(N)NC1CCOc2ccccc21.I. The van der Waals surface area contributed by atoms with Crippen molar-refractivity contribution in [3.8, 4) is 11.4 Å². The van der Waals surface area contributed by atoms with Gasteiger partial charge in [0.25, 0.3) is 0 Å². The quantitative estimate of drug-likeness (QED) is 0.223. The van der Waals surface area contributed by atoms with E-state index in [1.54, 1.807) is 0 Å². The molecule has 4 rings (SSSR count). The maximum absolute atomic E-state index is 6.13. The van der Waals surface area contributed by atoms with Gasteiger partial charge in [-0.2, -0.15) is 5.10 Å². The van der Waals surface area contributed by atoms with Gasteiger partial charge in [0.15, 0.2) is 5.96 Å². The number of hydrogen-bond donors (Lipinski definition) is 2. The summed E-state index contributed by atoms with van der Waals surface area (Å²) in [5.41, 5.74) is 10.6. The molecule has 0 radical (unpaired) electrons. The predicted molar refractivity (Wildman–Crippen MR) is 131 cm³/mol. The zero-order chi connectivity index (χ0) is 20.1. The third kappa shape index (κ3) is 5.33. The summed E-state index contributed by atoms with van der Waals surface area (Å²) >= 11 is 0. The fourth-order valence-corrected chi connectivity index (χ4v) is 3.64. The number of rotatable bonds is 6. The van der Waals surface area contributed by atoms with Crippen molar-refractivity contribution in [1.29, 1.82) is 0 Å². The molecule has 2 aromatic carbocycles. The number of benzene rings is 2. The number of halogens is 1. The zero-order valence-corrected chi connectivity index (χ0v) is 19.5. The van der Waals surface area contributed by atoms with Crippen LogP contribution in [0.15, 0.2) is 65.8 Å². The number of aromatic nitrogens is 2. The van der Waals surface area contributed by atoms with Crippen LogP contribution >= 0.6 is 24.0 Å². The lowest BCUT2D eigenvalue weighted by Gasteiger charge is -2.26. The highest BCUT2D eigenvalue weighted by atomic mass is 127. The minimum Gasteiger partial charge on any atom is -0.493 e. The molecule has 7 heteroatoms. The van der Waals surface area contributed by atoms with E-state index in [0.29, 0.717) is 19.1 Å². The van der Waals surface area contributed by atoms with E-state index in [1.807, 2.05) is 41.1 Å². The van der Waals surface area contributed by atoms with Crippen LogP contribution in [0.25, 0.3) is 5.69 Å². The van der Waals surface area contributed by atoms with Gasteiger partial charge >= 0.3 is 0 Å². The van der Waals surface area contributed by atoms with Gasteiger partial charge in [-0.15, -0.1) is 24.0 Å². The molecule has 3 N–H and O–H groups in total. The molecule has 0 amide bonds. The molecule has 0 aliphatic carbocycles. The van der Waals surface area contributed by atoms with Gasteiger partial charge in [-0.25, -0.2) is 4.68 Å². The number of para-hydroxylation sites is 2. The number of nitrogens with one attached hydrogen (secondary N) is 1. The Morgan fingerprint density at radius 2 is 1.97 bits per heavy atom. The molecule has 0 spiro atoms. The van der Waals surface area contributed by atoms with Gasteiger partial charge in [-0.3, -0.25) is 4.99 Å². The molecule has 2 heterocycles. The largest absolute Gasteiger partial charge is 0.493 e. The van der Waals surface area contributed by atoms with E-state index in [0.717, 1.165) is 42.0 Å². The Bertz CT molecular complexity index is 986. The molecule has 158 valence electrons. The summed E-state index contributed by atoms with van der Waals surface area (Å²) in [6, 6.07) is 18.4. The Morgan fingerprint density at radius 3 is 2.80 bits per heavy atom. The second-order valence-corrected chi connectivity index (χ2v) is 7.26. The highest BCUT2D eigenvalue weighted by molar-refractivity contribution is 14.0. The summed E-state index contributed by atoms with van der Waals surface area (Å²) in [5.74, 6) is 1.42. The van der Waals surface area contributed by atoms with E-state index in [1.165, 1.54) is 5.56 Å². The molecular weight excluding hydrogens is 489 g/mol. The number of aryl methyl sites for hydroxylation is 2. The van der Waals surface area contributed by atoms with Gasteiger partial charge in [-0.05, 0) is 43.5 Å². The van der Waals surface area contributed by atoms with E-state index >= 15 is 0 Å². The Morgan fingerprint density at radius 1 is 1.20 bits per heavy atom. The van der Waals surface area contributed by atoms with E-state index in [4.69, 9.17) is 10.5 Å².